The Labute approximate surface area is 187 Å². The molecule has 0 aliphatic heterocycles. The van der Waals surface area contributed by atoms with E-state index >= 15 is 0 Å². The zero-order valence-electron chi connectivity index (χ0n) is 17.5. The van der Waals surface area contributed by atoms with E-state index in [1.54, 1.807) is 0 Å². The Hall–Kier alpha value is -3.97. The second-order valence-corrected chi connectivity index (χ2v) is 9.15. The lowest BCUT2D eigenvalue weighted by molar-refractivity contribution is 0.794. The van der Waals surface area contributed by atoms with Crippen molar-refractivity contribution in [3.05, 3.63) is 137 Å². The van der Waals surface area contributed by atoms with Crippen LogP contribution in [-0.4, -0.2) is 4.98 Å². The molecule has 1 nitrogen and oxygen atoms in total. The molecule has 0 atom stereocenters. The van der Waals surface area contributed by atoms with Gasteiger partial charge in [0.15, 0.2) is 0 Å². The van der Waals surface area contributed by atoms with Gasteiger partial charge in [0.05, 0.1) is 5.41 Å². The largest absolute Gasteiger partial charge is 0.264 e. The van der Waals surface area contributed by atoms with Crippen LogP contribution < -0.4 is 0 Å². The molecule has 0 N–H and O–H groups in total. The van der Waals surface area contributed by atoms with E-state index in [4.69, 9.17) is 0 Å². The predicted molar refractivity (Wildman–Crippen MR) is 129 cm³/mol. The lowest BCUT2D eigenvalue weighted by Gasteiger charge is -2.30. The average Bonchev–Trinajstić information content (AvgIpc) is 3.46. The van der Waals surface area contributed by atoms with Crippen LogP contribution in [0.2, 0.25) is 0 Å². The van der Waals surface area contributed by atoms with Gasteiger partial charge >= 0.3 is 0 Å². The monoisotopic (exact) mass is 405 g/mol. The topological polar surface area (TPSA) is 12.9 Å². The van der Waals surface area contributed by atoms with Crippen LogP contribution in [-0.2, 0) is 11.8 Å². The summed E-state index contributed by atoms with van der Waals surface area (Å²) in [6.45, 7) is 0. The maximum atomic E-state index is 4.38. The van der Waals surface area contributed by atoms with Gasteiger partial charge < -0.3 is 0 Å². The normalized spacial score (nSPS) is 15.0. The summed E-state index contributed by atoms with van der Waals surface area (Å²) in [5.41, 5.74) is 16.3. The van der Waals surface area contributed by atoms with Crippen molar-refractivity contribution in [3.63, 3.8) is 0 Å². The van der Waals surface area contributed by atoms with E-state index in [1.807, 2.05) is 12.4 Å². The van der Waals surface area contributed by atoms with Crippen LogP contribution >= 0.6 is 0 Å². The highest BCUT2D eigenvalue weighted by Gasteiger charge is 2.51. The maximum absolute atomic E-state index is 4.38. The molecule has 0 saturated carbocycles. The van der Waals surface area contributed by atoms with Gasteiger partial charge in [-0.25, -0.2) is 0 Å². The molecule has 0 saturated heterocycles. The molecule has 5 aromatic rings. The van der Waals surface area contributed by atoms with Crippen LogP contribution in [0.1, 0.15) is 33.4 Å². The molecule has 1 heteroatoms. The van der Waals surface area contributed by atoms with Gasteiger partial charge in [-0.15, -0.1) is 0 Å². The van der Waals surface area contributed by atoms with Gasteiger partial charge in [0.25, 0.3) is 0 Å². The van der Waals surface area contributed by atoms with Crippen LogP contribution in [0.5, 0.6) is 0 Å². The SMILES string of the molecule is c1ccc2c(c1)-c1ccccc1C21c2ccccc2-c2cc3c(cc21)-c1ccncc1C3. The predicted octanol–water partition coefficient (Wildman–Crippen LogP) is 7.00. The van der Waals surface area contributed by atoms with Crippen molar-refractivity contribution in [1.29, 1.82) is 0 Å². The van der Waals surface area contributed by atoms with Gasteiger partial charge in [0, 0.05) is 18.8 Å². The molecule has 4 aromatic carbocycles. The second kappa shape index (κ2) is 5.63. The fraction of sp³-hybridized carbons (Fsp3) is 0.0645. The molecular formula is C31H19N. The van der Waals surface area contributed by atoms with Crippen molar-refractivity contribution >= 4 is 0 Å². The third-order valence-electron chi connectivity index (χ3n) is 7.80. The molecule has 0 fully saturated rings. The van der Waals surface area contributed by atoms with Crippen LogP contribution in [0.3, 0.4) is 0 Å². The fourth-order valence-electron chi connectivity index (χ4n) is 6.62. The highest BCUT2D eigenvalue weighted by molar-refractivity contribution is 5.97. The number of hydrogen-bond acceptors (Lipinski definition) is 1. The van der Waals surface area contributed by atoms with E-state index in [0.717, 1.165) is 6.42 Å². The second-order valence-electron chi connectivity index (χ2n) is 9.15. The third-order valence-corrected chi connectivity index (χ3v) is 7.80. The summed E-state index contributed by atoms with van der Waals surface area (Å²) in [6.07, 6.45) is 4.92. The summed E-state index contributed by atoms with van der Waals surface area (Å²) in [4.78, 5) is 4.38. The van der Waals surface area contributed by atoms with Gasteiger partial charge in [-0.1, -0.05) is 72.8 Å². The Kier molecular flexibility index (Phi) is 2.94. The number of benzene rings is 4. The fourth-order valence-corrected chi connectivity index (χ4v) is 6.62. The van der Waals surface area contributed by atoms with Gasteiger partial charge in [0.2, 0.25) is 0 Å². The van der Waals surface area contributed by atoms with E-state index in [2.05, 4.69) is 96.0 Å². The summed E-state index contributed by atoms with van der Waals surface area (Å²) < 4.78 is 0. The molecule has 1 heterocycles. The lowest BCUT2D eigenvalue weighted by Crippen LogP contribution is -2.25. The summed E-state index contributed by atoms with van der Waals surface area (Å²) in [5, 5.41) is 0. The smallest absolute Gasteiger partial charge is 0.0725 e. The summed E-state index contributed by atoms with van der Waals surface area (Å²) in [7, 11) is 0. The van der Waals surface area contributed by atoms with Crippen LogP contribution in [0, 0.1) is 0 Å². The molecule has 0 unspecified atom stereocenters. The first-order chi connectivity index (χ1) is 15.9. The summed E-state index contributed by atoms with van der Waals surface area (Å²) in [6, 6.07) is 34.2. The first-order valence-electron chi connectivity index (χ1n) is 11.3. The Morgan fingerprint density at radius 1 is 0.500 bits per heavy atom. The van der Waals surface area contributed by atoms with E-state index in [1.165, 1.54) is 66.8 Å². The maximum Gasteiger partial charge on any atom is 0.0725 e. The summed E-state index contributed by atoms with van der Waals surface area (Å²) >= 11 is 0. The van der Waals surface area contributed by atoms with Crippen molar-refractivity contribution in [2.24, 2.45) is 0 Å². The van der Waals surface area contributed by atoms with E-state index in [9.17, 15) is 0 Å². The first-order valence-corrected chi connectivity index (χ1v) is 11.3. The van der Waals surface area contributed by atoms with Gasteiger partial charge in [-0.05, 0) is 85.0 Å². The minimum Gasteiger partial charge on any atom is -0.264 e. The van der Waals surface area contributed by atoms with E-state index in [0.29, 0.717) is 0 Å². The average molecular weight is 406 g/mol. The number of aromatic nitrogens is 1. The Morgan fingerprint density at radius 2 is 1.09 bits per heavy atom. The van der Waals surface area contributed by atoms with E-state index < -0.39 is 0 Å². The Morgan fingerprint density at radius 3 is 1.75 bits per heavy atom. The van der Waals surface area contributed by atoms with Gasteiger partial charge in [0.1, 0.15) is 0 Å². The minimum absolute atomic E-state index is 0.260. The number of pyridine rings is 1. The van der Waals surface area contributed by atoms with Crippen molar-refractivity contribution in [3.8, 4) is 33.4 Å². The molecule has 0 amide bonds. The molecule has 0 bridgehead atoms. The molecule has 1 aromatic heterocycles. The lowest BCUT2D eigenvalue weighted by atomic mass is 9.70. The molecule has 0 radical (unpaired) electrons. The Balaban J connectivity index is 1.56. The molecule has 3 aliphatic rings. The molecule has 1 spiro atoms. The highest BCUT2D eigenvalue weighted by Crippen LogP contribution is 2.63. The van der Waals surface area contributed by atoms with Gasteiger partial charge in [-0.3, -0.25) is 4.98 Å². The zero-order valence-corrected chi connectivity index (χ0v) is 17.5. The Bertz CT molecular complexity index is 1560. The standard InChI is InChI=1S/C31H19N/c1-4-10-27-22(7-1)23-8-2-5-11-28(23)31(27)29-12-6-3-9-24(29)26-16-19-15-20-18-32-14-13-21(20)25(19)17-30(26)31/h1-14,16-18H,15H2. The molecular weight excluding hydrogens is 386 g/mol. The molecule has 148 valence electrons. The van der Waals surface area contributed by atoms with Crippen molar-refractivity contribution in [2.75, 3.05) is 0 Å². The number of rotatable bonds is 0. The van der Waals surface area contributed by atoms with Crippen molar-refractivity contribution in [1.82, 2.24) is 4.98 Å². The number of fused-ring (bicyclic) bond motifs is 13. The molecule has 8 rings (SSSR count). The van der Waals surface area contributed by atoms with Crippen molar-refractivity contribution < 1.29 is 0 Å². The molecule has 32 heavy (non-hydrogen) atoms. The number of hydrogen-bond donors (Lipinski definition) is 0. The quantitative estimate of drug-likeness (QED) is 0.265. The van der Waals surface area contributed by atoms with Crippen LogP contribution in [0.15, 0.2) is 103 Å². The zero-order chi connectivity index (χ0) is 20.9. The van der Waals surface area contributed by atoms with Crippen molar-refractivity contribution in [2.45, 2.75) is 11.8 Å². The highest BCUT2D eigenvalue weighted by atomic mass is 14.6. The number of nitrogens with zero attached hydrogens (tertiary/aromatic N) is 1. The summed E-state index contributed by atoms with van der Waals surface area (Å²) in [5.74, 6) is 0. The van der Waals surface area contributed by atoms with Crippen LogP contribution in [0.4, 0.5) is 0 Å². The molecule has 3 aliphatic carbocycles. The van der Waals surface area contributed by atoms with Crippen LogP contribution in [0.25, 0.3) is 33.4 Å². The van der Waals surface area contributed by atoms with Gasteiger partial charge in [-0.2, -0.15) is 0 Å². The van der Waals surface area contributed by atoms with E-state index in [-0.39, 0.29) is 5.41 Å². The first kappa shape index (κ1) is 16.7. The third kappa shape index (κ3) is 1.77. The minimum atomic E-state index is -0.260.